The van der Waals surface area contributed by atoms with Crippen molar-refractivity contribution in [1.29, 1.82) is 0 Å². The summed E-state index contributed by atoms with van der Waals surface area (Å²) < 4.78 is 11.1. The molecule has 1 fully saturated rings. The van der Waals surface area contributed by atoms with E-state index in [2.05, 4.69) is 21.8 Å². The predicted octanol–water partition coefficient (Wildman–Crippen LogP) is 3.54. The first-order valence-corrected chi connectivity index (χ1v) is 9.07. The maximum Gasteiger partial charge on any atom is 0.159 e. The Morgan fingerprint density at radius 3 is 2.60 bits per heavy atom. The molecule has 5 heteroatoms. The maximum atomic E-state index is 5.91. The van der Waals surface area contributed by atoms with Gasteiger partial charge in [0.25, 0.3) is 0 Å². The van der Waals surface area contributed by atoms with Crippen LogP contribution in [0.3, 0.4) is 0 Å². The van der Waals surface area contributed by atoms with Crippen molar-refractivity contribution < 1.29 is 9.47 Å². The van der Waals surface area contributed by atoms with Crippen molar-refractivity contribution in [3.05, 3.63) is 42.2 Å². The molecular formula is C20H27N3O2. The molecule has 0 N–H and O–H groups in total. The van der Waals surface area contributed by atoms with E-state index >= 15 is 0 Å². The molecule has 0 bridgehead atoms. The smallest absolute Gasteiger partial charge is 0.159 e. The van der Waals surface area contributed by atoms with E-state index < -0.39 is 0 Å². The monoisotopic (exact) mass is 341 g/mol. The van der Waals surface area contributed by atoms with Crippen LogP contribution >= 0.6 is 0 Å². The second-order valence-electron chi connectivity index (χ2n) is 6.51. The Hall–Kier alpha value is -1.98. The lowest BCUT2D eigenvalue weighted by Crippen LogP contribution is -2.39. The molecule has 0 amide bonds. The summed E-state index contributed by atoms with van der Waals surface area (Å²) in [5.41, 5.74) is 2.15. The maximum absolute atomic E-state index is 5.91. The average molecular weight is 341 g/mol. The fourth-order valence-corrected chi connectivity index (χ4v) is 3.16. The van der Waals surface area contributed by atoms with Gasteiger partial charge in [0.1, 0.15) is 5.75 Å². The summed E-state index contributed by atoms with van der Waals surface area (Å²) in [5, 5.41) is 0. The zero-order valence-electron chi connectivity index (χ0n) is 15.1. The predicted molar refractivity (Wildman–Crippen MR) is 98.6 cm³/mol. The molecule has 1 saturated heterocycles. The van der Waals surface area contributed by atoms with Crippen molar-refractivity contribution in [2.45, 2.75) is 38.8 Å². The van der Waals surface area contributed by atoms with E-state index in [0.29, 0.717) is 6.10 Å². The molecule has 1 aliphatic rings. The normalized spacial score (nSPS) is 18.2. The Labute approximate surface area is 150 Å². The van der Waals surface area contributed by atoms with Gasteiger partial charge >= 0.3 is 0 Å². The van der Waals surface area contributed by atoms with Crippen molar-refractivity contribution in [2.75, 3.05) is 26.8 Å². The first-order chi connectivity index (χ1) is 12.3. The summed E-state index contributed by atoms with van der Waals surface area (Å²) in [6.07, 6.45) is 7.68. The number of ether oxygens (including phenoxy) is 2. The van der Waals surface area contributed by atoms with E-state index in [0.717, 1.165) is 55.4 Å². The zero-order chi connectivity index (χ0) is 17.5. The van der Waals surface area contributed by atoms with Crippen molar-refractivity contribution in [3.63, 3.8) is 0 Å². The van der Waals surface area contributed by atoms with E-state index in [1.54, 1.807) is 7.11 Å². The minimum Gasteiger partial charge on any atom is -0.497 e. The lowest BCUT2D eigenvalue weighted by Gasteiger charge is -2.32. The minimum absolute atomic E-state index is 0.369. The van der Waals surface area contributed by atoms with Crippen LogP contribution in [0.1, 0.15) is 31.7 Å². The molecule has 5 nitrogen and oxygen atoms in total. The summed E-state index contributed by atoms with van der Waals surface area (Å²) in [7, 11) is 1.67. The highest BCUT2D eigenvalue weighted by Gasteiger charge is 2.20. The van der Waals surface area contributed by atoms with E-state index in [1.165, 1.54) is 12.8 Å². The molecular weight excluding hydrogens is 314 g/mol. The van der Waals surface area contributed by atoms with Gasteiger partial charge < -0.3 is 9.47 Å². The number of rotatable bonds is 7. The molecule has 1 aromatic carbocycles. The molecule has 1 atom stereocenters. The van der Waals surface area contributed by atoms with Crippen molar-refractivity contribution in [2.24, 2.45) is 0 Å². The molecule has 2 heterocycles. The molecule has 0 saturated carbocycles. The number of aromatic nitrogens is 2. The van der Waals surface area contributed by atoms with Gasteiger partial charge in [-0.25, -0.2) is 9.97 Å². The lowest BCUT2D eigenvalue weighted by molar-refractivity contribution is -0.00227. The highest BCUT2D eigenvalue weighted by molar-refractivity contribution is 5.55. The summed E-state index contributed by atoms with van der Waals surface area (Å²) in [6.45, 7) is 6.02. The topological polar surface area (TPSA) is 47.5 Å². The van der Waals surface area contributed by atoms with E-state index in [4.69, 9.17) is 9.47 Å². The average Bonchev–Trinajstić information content (AvgIpc) is 2.67. The van der Waals surface area contributed by atoms with E-state index in [9.17, 15) is 0 Å². The number of likely N-dealkylation sites (tertiary alicyclic amines) is 1. The van der Waals surface area contributed by atoms with Crippen LogP contribution in [-0.4, -0.2) is 47.8 Å². The third-order valence-corrected chi connectivity index (χ3v) is 4.48. The largest absolute Gasteiger partial charge is 0.497 e. The van der Waals surface area contributed by atoms with E-state index in [1.807, 2.05) is 36.7 Å². The second kappa shape index (κ2) is 8.92. The Kier molecular flexibility index (Phi) is 6.36. The number of nitrogens with zero attached hydrogens (tertiary/aromatic N) is 3. The Bertz CT molecular complexity index is 643. The van der Waals surface area contributed by atoms with Crippen LogP contribution in [0.5, 0.6) is 5.75 Å². The zero-order valence-corrected chi connectivity index (χ0v) is 15.1. The Balaban J connectivity index is 1.58. The molecule has 25 heavy (non-hydrogen) atoms. The Morgan fingerprint density at radius 1 is 1.16 bits per heavy atom. The van der Waals surface area contributed by atoms with Crippen LogP contribution in [-0.2, 0) is 11.3 Å². The molecule has 2 aromatic rings. The van der Waals surface area contributed by atoms with Gasteiger partial charge in [0.2, 0.25) is 0 Å². The van der Waals surface area contributed by atoms with Crippen LogP contribution in [0.25, 0.3) is 11.4 Å². The van der Waals surface area contributed by atoms with Gasteiger partial charge in [-0.15, -0.1) is 0 Å². The molecule has 0 aliphatic carbocycles. The first kappa shape index (κ1) is 17.8. The minimum atomic E-state index is 0.369. The van der Waals surface area contributed by atoms with Gasteiger partial charge in [0.15, 0.2) is 5.82 Å². The van der Waals surface area contributed by atoms with Gasteiger partial charge in [-0.2, -0.15) is 0 Å². The molecule has 3 rings (SSSR count). The van der Waals surface area contributed by atoms with E-state index in [-0.39, 0.29) is 0 Å². The third kappa shape index (κ3) is 5.00. The summed E-state index contributed by atoms with van der Waals surface area (Å²) in [6, 6.07) is 7.82. The van der Waals surface area contributed by atoms with Gasteiger partial charge in [-0.3, -0.25) is 4.90 Å². The van der Waals surface area contributed by atoms with Crippen molar-refractivity contribution >= 4 is 0 Å². The van der Waals surface area contributed by atoms with Crippen molar-refractivity contribution in [1.82, 2.24) is 14.9 Å². The van der Waals surface area contributed by atoms with Gasteiger partial charge in [-0.05, 0) is 50.1 Å². The quantitative estimate of drug-likeness (QED) is 0.771. The molecule has 134 valence electrons. The molecule has 1 aromatic heterocycles. The number of piperidine rings is 1. The van der Waals surface area contributed by atoms with Gasteiger partial charge in [0.05, 0.1) is 13.2 Å². The first-order valence-electron chi connectivity index (χ1n) is 9.07. The lowest BCUT2D eigenvalue weighted by atomic mass is 10.1. The number of hydrogen-bond acceptors (Lipinski definition) is 5. The fraction of sp³-hybridized carbons (Fsp3) is 0.500. The summed E-state index contributed by atoms with van der Waals surface area (Å²) in [4.78, 5) is 11.5. The number of hydrogen-bond donors (Lipinski definition) is 0. The van der Waals surface area contributed by atoms with Crippen LogP contribution in [0.15, 0.2) is 36.7 Å². The molecule has 1 aliphatic heterocycles. The van der Waals surface area contributed by atoms with Gasteiger partial charge in [-0.1, -0.05) is 6.92 Å². The van der Waals surface area contributed by atoms with Crippen molar-refractivity contribution in [3.8, 4) is 17.1 Å². The number of methoxy groups -OCH3 is 1. The van der Waals surface area contributed by atoms with Crippen LogP contribution in [0, 0.1) is 0 Å². The van der Waals surface area contributed by atoms with Crippen LogP contribution in [0.2, 0.25) is 0 Å². The fourth-order valence-electron chi connectivity index (χ4n) is 3.16. The SMILES string of the molecule is CCCOC1CCCN(Cc2cnc(-c3ccc(OC)cc3)nc2)C1. The molecule has 0 radical (unpaired) electrons. The number of benzene rings is 1. The summed E-state index contributed by atoms with van der Waals surface area (Å²) in [5.74, 6) is 1.58. The second-order valence-corrected chi connectivity index (χ2v) is 6.51. The summed E-state index contributed by atoms with van der Waals surface area (Å²) >= 11 is 0. The molecule has 1 unspecified atom stereocenters. The van der Waals surface area contributed by atoms with Crippen LogP contribution < -0.4 is 4.74 Å². The Morgan fingerprint density at radius 2 is 1.92 bits per heavy atom. The molecule has 0 spiro atoms. The standard InChI is InChI=1S/C20H27N3O2/c1-3-11-25-19-5-4-10-23(15-19)14-16-12-21-20(22-13-16)17-6-8-18(24-2)9-7-17/h6-9,12-13,19H,3-5,10-11,14-15H2,1-2H3. The highest BCUT2D eigenvalue weighted by Crippen LogP contribution is 2.20. The van der Waals surface area contributed by atoms with Crippen LogP contribution in [0.4, 0.5) is 0 Å². The third-order valence-electron chi connectivity index (χ3n) is 4.48. The van der Waals surface area contributed by atoms with Gasteiger partial charge in [0, 0.05) is 43.2 Å². The highest BCUT2D eigenvalue weighted by atomic mass is 16.5.